The van der Waals surface area contributed by atoms with Gasteiger partial charge in [0.05, 0.1) is 22.0 Å². The topological polar surface area (TPSA) is 95.8 Å². The van der Waals surface area contributed by atoms with E-state index in [1.165, 1.54) is 38.9 Å². The van der Waals surface area contributed by atoms with E-state index >= 15 is 0 Å². The summed E-state index contributed by atoms with van der Waals surface area (Å²) < 4.78 is 12.8. The summed E-state index contributed by atoms with van der Waals surface area (Å²) in [5, 5.41) is 0.202. The van der Waals surface area contributed by atoms with Gasteiger partial charge in [0.15, 0.2) is 29.1 Å². The van der Waals surface area contributed by atoms with Crippen molar-refractivity contribution in [1.82, 2.24) is 29.9 Å². The van der Waals surface area contributed by atoms with Crippen molar-refractivity contribution in [3.05, 3.63) is 402 Å². The fourth-order valence-corrected chi connectivity index (χ4v) is 12.8. The second-order valence-corrected chi connectivity index (χ2v) is 24.9. The lowest BCUT2D eigenvalue weighted by Gasteiger charge is -2.37. The van der Waals surface area contributed by atoms with Crippen LogP contribution in [0.5, 0.6) is 0 Å². The van der Waals surface area contributed by atoms with Gasteiger partial charge in [0.2, 0.25) is 5.28 Å². The third-order valence-corrected chi connectivity index (χ3v) is 18.2. The van der Waals surface area contributed by atoms with Crippen LogP contribution in [0.25, 0.3) is 56.9 Å². The van der Waals surface area contributed by atoms with Gasteiger partial charge in [-0.15, -0.1) is 0 Å². The van der Waals surface area contributed by atoms with Crippen LogP contribution in [0.2, 0.25) is 5.28 Å². The van der Waals surface area contributed by atoms with Crippen molar-refractivity contribution in [2.24, 2.45) is 0 Å². The molecule has 0 aliphatic carbocycles. The Labute approximate surface area is 568 Å². The van der Waals surface area contributed by atoms with Crippen LogP contribution in [0.4, 0.5) is 0 Å². The van der Waals surface area contributed by atoms with Gasteiger partial charge in [-0.05, 0) is 95.3 Å². The second kappa shape index (κ2) is 28.7. The molecule has 0 unspecified atom stereocenters. The van der Waals surface area contributed by atoms with Crippen LogP contribution in [0.1, 0.15) is 72.2 Å². The molecule has 96 heavy (non-hydrogen) atoms. The van der Waals surface area contributed by atoms with E-state index in [0.717, 1.165) is 38.8 Å². The molecular formula is C86H70BClN6O2. The van der Waals surface area contributed by atoms with Crippen LogP contribution in [-0.4, -0.2) is 48.2 Å². The monoisotopic (exact) mass is 1260 g/mol. The predicted octanol–water partition coefficient (Wildman–Crippen LogP) is 19.5. The van der Waals surface area contributed by atoms with E-state index in [0.29, 0.717) is 29.1 Å². The summed E-state index contributed by atoms with van der Waals surface area (Å²) in [5.41, 5.74) is 13.4. The minimum absolute atomic E-state index is 0.202. The first-order chi connectivity index (χ1) is 47.0. The zero-order chi connectivity index (χ0) is 65.8. The van der Waals surface area contributed by atoms with Crippen molar-refractivity contribution in [1.29, 1.82) is 0 Å². The number of benzene rings is 12. The molecule has 0 amide bonds. The molecule has 1 aliphatic rings. The summed E-state index contributed by atoms with van der Waals surface area (Å²) in [5.74, 6) is 3.10. The molecule has 0 saturated carbocycles. The van der Waals surface area contributed by atoms with Gasteiger partial charge in [0, 0.05) is 27.8 Å². The molecule has 1 aliphatic heterocycles. The minimum atomic E-state index is -0.558. The van der Waals surface area contributed by atoms with Crippen LogP contribution < -0.4 is 5.46 Å². The molecule has 1 fully saturated rings. The maximum absolute atomic E-state index is 6.41. The third-order valence-electron chi connectivity index (χ3n) is 18.0. The Bertz CT molecular complexity index is 4490. The van der Waals surface area contributed by atoms with Crippen LogP contribution in [-0.2, 0) is 20.1 Å². The Balaban J connectivity index is 0.000000140. The number of rotatable bonds is 14. The second-order valence-electron chi connectivity index (χ2n) is 24.5. The van der Waals surface area contributed by atoms with E-state index < -0.39 is 17.9 Å². The highest BCUT2D eigenvalue weighted by Crippen LogP contribution is 2.48. The molecule has 14 aromatic rings. The van der Waals surface area contributed by atoms with Gasteiger partial charge in [-0.1, -0.05) is 346 Å². The van der Waals surface area contributed by atoms with Gasteiger partial charge in [-0.3, -0.25) is 0 Å². The molecule has 0 atom stereocenters. The van der Waals surface area contributed by atoms with E-state index in [1.54, 1.807) is 0 Å². The van der Waals surface area contributed by atoms with Crippen molar-refractivity contribution in [3.63, 3.8) is 0 Å². The summed E-state index contributed by atoms with van der Waals surface area (Å²) in [6.07, 6.45) is 0. The number of halogens is 1. The zero-order valence-corrected chi connectivity index (χ0v) is 54.7. The number of hydrogen-bond donors (Lipinski definition) is 0. The first kappa shape index (κ1) is 63.7. The van der Waals surface area contributed by atoms with Crippen LogP contribution in [0.3, 0.4) is 0 Å². The Kier molecular flexibility index (Phi) is 19.0. The summed E-state index contributed by atoms with van der Waals surface area (Å²) in [6.45, 7) is 8.39. The Morgan fingerprint density at radius 3 is 0.760 bits per heavy atom. The third kappa shape index (κ3) is 13.4. The summed E-state index contributed by atoms with van der Waals surface area (Å²) in [7, 11) is -0.412. The quantitative estimate of drug-likeness (QED) is 0.0785. The highest BCUT2D eigenvalue weighted by atomic mass is 35.5. The van der Waals surface area contributed by atoms with Crippen LogP contribution in [0, 0.1) is 0 Å². The molecule has 0 N–H and O–H groups in total. The summed E-state index contributed by atoms with van der Waals surface area (Å²) in [4.78, 5) is 27.7. The summed E-state index contributed by atoms with van der Waals surface area (Å²) in [6, 6.07) is 122. The smallest absolute Gasteiger partial charge is 0.399 e. The van der Waals surface area contributed by atoms with E-state index in [-0.39, 0.29) is 16.5 Å². The normalized spacial score (nSPS) is 13.1. The minimum Gasteiger partial charge on any atom is -0.399 e. The Hall–Kier alpha value is -11.1. The lowest BCUT2D eigenvalue weighted by molar-refractivity contribution is 0.00578. The molecule has 0 spiro atoms. The average Bonchev–Trinajstić information content (AvgIpc) is 1.03. The first-order valence-corrected chi connectivity index (χ1v) is 32.7. The number of nitrogens with zero attached hydrogens (tertiary/aromatic N) is 6. The van der Waals surface area contributed by atoms with Gasteiger partial charge in [-0.25, -0.2) is 19.9 Å². The summed E-state index contributed by atoms with van der Waals surface area (Å²) >= 11 is 5.99. The van der Waals surface area contributed by atoms with E-state index in [2.05, 4.69) is 273 Å². The van der Waals surface area contributed by atoms with Gasteiger partial charge < -0.3 is 9.31 Å². The van der Waals surface area contributed by atoms with Crippen molar-refractivity contribution in [2.45, 2.75) is 49.7 Å². The molecule has 3 heterocycles. The molecule has 10 heteroatoms. The largest absolute Gasteiger partial charge is 0.494 e. The Morgan fingerprint density at radius 2 is 0.469 bits per heavy atom. The van der Waals surface area contributed by atoms with Crippen molar-refractivity contribution >= 4 is 24.2 Å². The maximum Gasteiger partial charge on any atom is 0.494 e. The SMILES string of the molecule is CC1(C)OB(c2cccc(C(c3ccccc3)(c3ccccc3)c3ccccc3)c2)OC1(C)C.Clc1nc(-c2ccccc2)nc(-c2ccccc2)n1.c1ccc(-c2nc(-c3ccccc3)nc(-c3cccc(C(c4ccccc4)(c4ccccc4)c4ccccc4)c3)n2)cc1. The predicted molar refractivity (Wildman–Crippen MR) is 391 cm³/mol. The van der Waals surface area contributed by atoms with Crippen molar-refractivity contribution in [2.75, 3.05) is 0 Å². The van der Waals surface area contributed by atoms with Crippen molar-refractivity contribution in [3.8, 4) is 56.9 Å². The standard InChI is InChI=1S/C40H29N3.C31H31BO2.C15H10ClN3/c1-6-17-30(18-7-1)37-41-38(31-19-8-2-9-20-31)43-39(42-37)32-21-16-28-36(29-32)40(33-22-10-3-11-23-33,34-24-12-4-13-25-34)35-26-14-5-15-27-35;1-29(2)30(3,4)34-32(33-29)28-22-14-21-27(23-28)31(24-15-8-5-9-16-24,25-17-10-6-11-18-25)26-19-12-7-13-20-26;16-15-18-13(11-7-3-1-4-8-11)17-14(19-15)12-9-5-2-6-10-12/h1-29H;5-23H,1-4H3;1-10H. The van der Waals surface area contributed by atoms with E-state index in [4.69, 9.17) is 35.9 Å². The molecule has 2 aromatic heterocycles. The molecule has 15 rings (SSSR count). The molecule has 0 bridgehead atoms. The molecule has 0 radical (unpaired) electrons. The fourth-order valence-electron chi connectivity index (χ4n) is 12.6. The molecular weight excluding hydrogens is 1200 g/mol. The van der Waals surface area contributed by atoms with Gasteiger partial charge >= 0.3 is 7.12 Å². The van der Waals surface area contributed by atoms with Gasteiger partial charge in [-0.2, -0.15) is 9.97 Å². The highest BCUT2D eigenvalue weighted by Gasteiger charge is 2.52. The zero-order valence-electron chi connectivity index (χ0n) is 53.9. The molecule has 12 aromatic carbocycles. The highest BCUT2D eigenvalue weighted by molar-refractivity contribution is 6.62. The van der Waals surface area contributed by atoms with Crippen LogP contribution >= 0.6 is 11.6 Å². The number of aromatic nitrogens is 6. The average molecular weight is 1270 g/mol. The lowest BCUT2D eigenvalue weighted by atomic mass is 9.64. The lowest BCUT2D eigenvalue weighted by Crippen LogP contribution is -2.41. The van der Waals surface area contributed by atoms with Crippen LogP contribution in [0.15, 0.2) is 352 Å². The maximum atomic E-state index is 6.41. The van der Waals surface area contributed by atoms with E-state index in [1.807, 2.05) is 121 Å². The number of hydrogen-bond acceptors (Lipinski definition) is 8. The Morgan fingerprint density at radius 1 is 0.250 bits per heavy atom. The van der Waals surface area contributed by atoms with Gasteiger partial charge in [0.1, 0.15) is 0 Å². The van der Waals surface area contributed by atoms with E-state index in [9.17, 15) is 0 Å². The first-order valence-electron chi connectivity index (χ1n) is 32.3. The van der Waals surface area contributed by atoms with Gasteiger partial charge in [0.25, 0.3) is 0 Å². The molecule has 8 nitrogen and oxygen atoms in total. The fraction of sp³-hybridized carbons (Fsp3) is 0.0930. The van der Waals surface area contributed by atoms with Crippen molar-refractivity contribution < 1.29 is 9.31 Å². The molecule has 466 valence electrons. The molecule has 1 saturated heterocycles.